The van der Waals surface area contributed by atoms with E-state index < -0.39 is 34.1 Å². The Kier molecular flexibility index (Phi) is 8.10. The first-order chi connectivity index (χ1) is 13.7. The molecule has 0 aliphatic carbocycles. The minimum atomic E-state index is -4.17. The van der Waals surface area contributed by atoms with Gasteiger partial charge in [-0.15, -0.1) is 0 Å². The molecule has 0 saturated heterocycles. The third-order valence-electron chi connectivity index (χ3n) is 3.90. The van der Waals surface area contributed by atoms with Crippen molar-refractivity contribution in [3.63, 3.8) is 0 Å². The fourth-order valence-electron chi connectivity index (χ4n) is 2.46. The summed E-state index contributed by atoms with van der Waals surface area (Å²) in [5.74, 6) is -1.65. The summed E-state index contributed by atoms with van der Waals surface area (Å²) in [6.07, 6.45) is 0.658. The zero-order chi connectivity index (χ0) is 21.4. The predicted molar refractivity (Wildman–Crippen MR) is 106 cm³/mol. The van der Waals surface area contributed by atoms with Gasteiger partial charge in [-0.2, -0.15) is 0 Å². The smallest absolute Gasteiger partial charge is 0.264 e. The lowest BCUT2D eigenvalue weighted by atomic mass is 10.3. The monoisotopic (exact) mass is 426 g/mol. The first-order valence-corrected chi connectivity index (χ1v) is 10.6. The van der Waals surface area contributed by atoms with Gasteiger partial charge in [-0.05, 0) is 68.8 Å². The molecule has 2 rings (SSSR count). The summed E-state index contributed by atoms with van der Waals surface area (Å²) in [7, 11) is -4.17. The summed E-state index contributed by atoms with van der Waals surface area (Å²) in [6, 6.07) is 8.99. The molecule has 0 unspecified atom stereocenters. The van der Waals surface area contributed by atoms with E-state index in [1.54, 1.807) is 0 Å². The number of anilines is 1. The van der Waals surface area contributed by atoms with Gasteiger partial charge in [0.15, 0.2) is 0 Å². The van der Waals surface area contributed by atoms with Crippen molar-refractivity contribution >= 4 is 21.6 Å². The van der Waals surface area contributed by atoms with Crippen LogP contribution >= 0.6 is 0 Å². The molecule has 2 aromatic rings. The number of rotatable bonds is 10. The van der Waals surface area contributed by atoms with E-state index in [1.807, 2.05) is 13.8 Å². The number of carbonyl (C=O) groups is 1. The Hall–Kier alpha value is -2.52. The molecule has 1 amide bonds. The number of hydrogen-bond donors (Lipinski definition) is 1. The van der Waals surface area contributed by atoms with Crippen LogP contribution in [0.2, 0.25) is 0 Å². The molecule has 29 heavy (non-hydrogen) atoms. The first kappa shape index (κ1) is 22.8. The molecule has 9 heteroatoms. The molecular formula is C20H24F2N2O4S. The van der Waals surface area contributed by atoms with Crippen LogP contribution in [0.1, 0.15) is 20.3 Å². The van der Waals surface area contributed by atoms with Crippen LogP contribution in [-0.4, -0.2) is 40.1 Å². The van der Waals surface area contributed by atoms with Crippen LogP contribution in [0.25, 0.3) is 0 Å². The van der Waals surface area contributed by atoms with Crippen molar-refractivity contribution in [2.45, 2.75) is 31.3 Å². The second-order valence-corrected chi connectivity index (χ2v) is 8.43. The lowest BCUT2D eigenvalue weighted by Gasteiger charge is -2.24. The van der Waals surface area contributed by atoms with E-state index >= 15 is 0 Å². The van der Waals surface area contributed by atoms with Gasteiger partial charge in [0.25, 0.3) is 10.0 Å². The highest BCUT2D eigenvalue weighted by Gasteiger charge is 2.27. The highest BCUT2D eigenvalue weighted by atomic mass is 32.2. The van der Waals surface area contributed by atoms with Crippen molar-refractivity contribution in [2.75, 3.05) is 24.0 Å². The van der Waals surface area contributed by atoms with Gasteiger partial charge in [0, 0.05) is 13.2 Å². The van der Waals surface area contributed by atoms with E-state index in [-0.39, 0.29) is 16.7 Å². The van der Waals surface area contributed by atoms with Crippen molar-refractivity contribution in [3.8, 4) is 0 Å². The minimum Gasteiger partial charge on any atom is -0.379 e. The minimum absolute atomic E-state index is 0.0838. The summed E-state index contributed by atoms with van der Waals surface area (Å²) in [4.78, 5) is 12.2. The van der Waals surface area contributed by atoms with Gasteiger partial charge >= 0.3 is 0 Å². The lowest BCUT2D eigenvalue weighted by Crippen LogP contribution is -2.41. The highest BCUT2D eigenvalue weighted by Crippen LogP contribution is 2.24. The Morgan fingerprint density at radius 2 is 1.59 bits per heavy atom. The van der Waals surface area contributed by atoms with Gasteiger partial charge < -0.3 is 10.1 Å². The highest BCUT2D eigenvalue weighted by molar-refractivity contribution is 7.92. The average molecular weight is 426 g/mol. The average Bonchev–Trinajstić information content (AvgIpc) is 2.66. The Labute approximate surface area is 169 Å². The third kappa shape index (κ3) is 6.79. The molecule has 158 valence electrons. The van der Waals surface area contributed by atoms with Crippen molar-refractivity contribution < 1.29 is 26.7 Å². The number of sulfonamides is 1. The van der Waals surface area contributed by atoms with Gasteiger partial charge in [0.05, 0.1) is 16.7 Å². The molecule has 1 N–H and O–H groups in total. The van der Waals surface area contributed by atoms with Gasteiger partial charge in [0.1, 0.15) is 18.2 Å². The van der Waals surface area contributed by atoms with E-state index in [1.165, 1.54) is 12.1 Å². The number of hydrogen-bond acceptors (Lipinski definition) is 4. The van der Waals surface area contributed by atoms with Gasteiger partial charge in [-0.3, -0.25) is 9.10 Å². The number of nitrogens with zero attached hydrogens (tertiary/aromatic N) is 1. The predicted octanol–water partition coefficient (Wildman–Crippen LogP) is 3.09. The molecular weight excluding hydrogens is 402 g/mol. The number of carbonyl (C=O) groups excluding carboxylic acids is 1. The van der Waals surface area contributed by atoms with E-state index in [9.17, 15) is 22.0 Å². The number of nitrogens with one attached hydrogen (secondary N) is 1. The van der Waals surface area contributed by atoms with Crippen molar-refractivity contribution in [2.24, 2.45) is 0 Å². The zero-order valence-corrected chi connectivity index (χ0v) is 17.1. The summed E-state index contributed by atoms with van der Waals surface area (Å²) in [5, 5.41) is 2.64. The van der Waals surface area contributed by atoms with Crippen LogP contribution in [0, 0.1) is 11.6 Å². The number of benzene rings is 2. The normalized spacial score (nSPS) is 11.5. The SMILES string of the molecule is CC(C)OCCCNC(=O)CN(c1ccc(F)cc1)S(=O)(=O)c1ccc(F)cc1. The first-order valence-electron chi connectivity index (χ1n) is 9.12. The second-order valence-electron chi connectivity index (χ2n) is 6.57. The Morgan fingerprint density at radius 3 is 2.14 bits per heavy atom. The van der Waals surface area contributed by atoms with Gasteiger partial charge in [0.2, 0.25) is 5.91 Å². The van der Waals surface area contributed by atoms with E-state index in [0.717, 1.165) is 40.7 Å². The maximum Gasteiger partial charge on any atom is 0.264 e. The topological polar surface area (TPSA) is 75.7 Å². The molecule has 0 heterocycles. The molecule has 6 nitrogen and oxygen atoms in total. The van der Waals surface area contributed by atoms with Crippen molar-refractivity contribution in [1.29, 1.82) is 0 Å². The van der Waals surface area contributed by atoms with Crippen LogP contribution < -0.4 is 9.62 Å². The lowest BCUT2D eigenvalue weighted by molar-refractivity contribution is -0.119. The molecule has 0 atom stereocenters. The van der Waals surface area contributed by atoms with Crippen LogP contribution in [-0.2, 0) is 19.6 Å². The second kappa shape index (κ2) is 10.3. The quantitative estimate of drug-likeness (QED) is 0.593. The molecule has 0 fully saturated rings. The summed E-state index contributed by atoms with van der Waals surface area (Å²) < 4.78 is 58.7. The molecule has 0 aliphatic heterocycles. The standard InChI is InChI=1S/C20H24F2N2O4S/c1-15(2)28-13-3-12-23-20(25)14-24(18-8-4-16(21)5-9-18)29(26,27)19-10-6-17(22)7-11-19/h4-11,15H,3,12-14H2,1-2H3,(H,23,25). The maximum atomic E-state index is 13.3. The van der Waals surface area contributed by atoms with E-state index in [2.05, 4.69) is 5.32 Å². The maximum absolute atomic E-state index is 13.3. The Balaban J connectivity index is 2.16. The summed E-state index contributed by atoms with van der Waals surface area (Å²) in [5.41, 5.74) is 0.119. The van der Waals surface area contributed by atoms with E-state index in [4.69, 9.17) is 4.74 Å². The van der Waals surface area contributed by atoms with Crippen LogP contribution in [0.4, 0.5) is 14.5 Å². The zero-order valence-electron chi connectivity index (χ0n) is 16.3. The molecule has 0 bridgehead atoms. The van der Waals surface area contributed by atoms with Gasteiger partial charge in [-0.25, -0.2) is 17.2 Å². The Bertz CT molecular complexity index is 901. The largest absolute Gasteiger partial charge is 0.379 e. The molecule has 0 saturated carbocycles. The molecule has 0 spiro atoms. The van der Waals surface area contributed by atoms with Crippen LogP contribution in [0.3, 0.4) is 0 Å². The fraction of sp³-hybridized carbons (Fsp3) is 0.350. The summed E-state index contributed by atoms with van der Waals surface area (Å²) >= 11 is 0. The third-order valence-corrected chi connectivity index (χ3v) is 5.69. The number of ether oxygens (including phenoxy) is 1. The van der Waals surface area contributed by atoms with Crippen molar-refractivity contribution in [1.82, 2.24) is 5.32 Å². The molecule has 2 aromatic carbocycles. The fourth-order valence-corrected chi connectivity index (χ4v) is 3.88. The molecule has 0 radical (unpaired) electrons. The summed E-state index contributed by atoms with van der Waals surface area (Å²) in [6.45, 7) is 4.09. The molecule has 0 aliphatic rings. The Morgan fingerprint density at radius 1 is 1.03 bits per heavy atom. The number of amides is 1. The van der Waals surface area contributed by atoms with Crippen LogP contribution in [0.15, 0.2) is 53.4 Å². The molecule has 0 aromatic heterocycles. The van der Waals surface area contributed by atoms with Gasteiger partial charge in [-0.1, -0.05) is 0 Å². The number of halogens is 2. The van der Waals surface area contributed by atoms with Crippen LogP contribution in [0.5, 0.6) is 0 Å². The van der Waals surface area contributed by atoms with E-state index in [0.29, 0.717) is 19.6 Å². The van der Waals surface area contributed by atoms with Crippen molar-refractivity contribution in [3.05, 3.63) is 60.2 Å².